The van der Waals surface area contributed by atoms with E-state index in [2.05, 4.69) is 348 Å². The van der Waals surface area contributed by atoms with Crippen LogP contribution in [0.3, 0.4) is 0 Å². The van der Waals surface area contributed by atoms with Crippen LogP contribution in [0.4, 0.5) is 34.1 Å². The van der Waals surface area contributed by atoms with Crippen LogP contribution in [0.25, 0.3) is 139 Å². The molecule has 21 rings (SSSR count). The normalized spacial score (nSPS) is 13.9. The number of thiophene rings is 1. The van der Waals surface area contributed by atoms with E-state index >= 15 is 0 Å². The number of rotatable bonds is 8. The predicted octanol–water partition coefficient (Wildman–Crippen LogP) is 26.3. The molecule has 0 bridgehead atoms. The zero-order chi connectivity index (χ0) is 78.7. The van der Waals surface area contributed by atoms with E-state index in [9.17, 15) is 8.22 Å². The third kappa shape index (κ3) is 10.2. The zero-order valence-electron chi connectivity index (χ0n) is 68.2. The summed E-state index contributed by atoms with van der Waals surface area (Å²) in [4.78, 5) is 4.63. The first-order valence-electron chi connectivity index (χ1n) is 40.9. The van der Waals surface area contributed by atoms with E-state index in [1.807, 2.05) is 12.1 Å². The molecule has 0 unspecified atom stereocenters. The molecule has 4 nitrogen and oxygen atoms in total. The Morgan fingerprint density at radius 2 is 0.716 bits per heavy atom. The molecule has 0 amide bonds. The van der Waals surface area contributed by atoms with Crippen LogP contribution in [0, 0.1) is 0 Å². The summed E-state index contributed by atoms with van der Waals surface area (Å²) in [6.07, 6.45) is 0. The Balaban J connectivity index is 1.00. The molecule has 0 aliphatic carbocycles. The number of fused-ring (bicyclic) bond motifs is 18. The van der Waals surface area contributed by atoms with Gasteiger partial charge in [0.25, 0.3) is 0 Å². The van der Waals surface area contributed by atoms with Gasteiger partial charge in [0.2, 0.25) is 0 Å². The van der Waals surface area contributed by atoms with Crippen LogP contribution < -0.4 is 26.2 Å². The molecule has 0 fully saturated rings. The van der Waals surface area contributed by atoms with Crippen molar-refractivity contribution in [3.05, 3.63) is 332 Å². The van der Waals surface area contributed by atoms with E-state index in [1.54, 1.807) is 11.3 Å². The van der Waals surface area contributed by atoms with Gasteiger partial charge >= 0.3 is 381 Å². The average Bonchev–Trinajstić information content (AvgIpc) is 1.56. The minimum absolute atomic E-state index is 0.0184. The first-order chi connectivity index (χ1) is 55.5. The van der Waals surface area contributed by atoms with Crippen LogP contribution in [0.15, 0.2) is 315 Å². The molecule has 109 heavy (non-hydrogen) atoms. The van der Waals surface area contributed by atoms with Crippen molar-refractivity contribution < 1.29 is 8.22 Å². The molecule has 2 aliphatic rings. The van der Waals surface area contributed by atoms with Crippen LogP contribution >= 0.6 is 11.3 Å². The Kier molecular flexibility index (Phi) is 13.3. The fourth-order valence-electron chi connectivity index (χ4n) is 17.5. The summed E-state index contributed by atoms with van der Waals surface area (Å²) >= 11 is 1.53. The summed E-state index contributed by atoms with van der Waals surface area (Å²) in [6, 6.07) is 98.6. The molecule has 7 heteroatoms. The van der Waals surface area contributed by atoms with Gasteiger partial charge in [-0.25, -0.2) is 0 Å². The predicted molar refractivity (Wildman–Crippen MR) is 472 cm³/mol. The molecule has 4 aromatic heterocycles. The Morgan fingerprint density at radius 1 is 0.339 bits per heavy atom. The van der Waals surface area contributed by atoms with E-state index in [4.69, 9.17) is 0 Å². The molecular formula is C102H79BN4SSe. The van der Waals surface area contributed by atoms with Gasteiger partial charge < -0.3 is 4.57 Å². The molecule has 0 radical (unpaired) electrons. The van der Waals surface area contributed by atoms with E-state index in [0.29, 0.717) is 28.0 Å². The van der Waals surface area contributed by atoms with Crippen molar-refractivity contribution in [3.63, 3.8) is 0 Å². The molecule has 0 saturated heterocycles. The van der Waals surface area contributed by atoms with Crippen molar-refractivity contribution in [2.24, 2.45) is 0 Å². The van der Waals surface area contributed by atoms with Gasteiger partial charge in [-0.1, -0.05) is 163 Å². The Hall–Kier alpha value is -11.7. The molecule has 0 N–H and O–H groups in total. The SMILES string of the molecule is [2H]c1c([2H])c(-n2c3ccccc3c3ccc4c5ccccc5sc4c32)c([2H])c2c1B1c3c(cc(C(C)(C)C)cc3N(c3c(-c4ccccc4)cc(C(C)(C)C)cc3-c3ccccc3)c3c([2H])c(-n4c5ccccc5c5ccc6c7ccccc7[se]c6c54)c([2H])c([2H])c31)N2c1c(-c2ccccc2)cc(C(C)(C)C)cc1-c1ccccc1. The molecule has 0 atom stereocenters. The van der Waals surface area contributed by atoms with Gasteiger partial charge in [0.05, 0.1) is 15.7 Å². The number of para-hydroxylation sites is 2. The summed E-state index contributed by atoms with van der Waals surface area (Å²) in [5.74, 6) is 0. The van der Waals surface area contributed by atoms with Crippen molar-refractivity contribution in [1.82, 2.24) is 9.13 Å². The Morgan fingerprint density at radius 3 is 1.18 bits per heavy atom. The summed E-state index contributed by atoms with van der Waals surface area (Å²) in [7, 11) is 0. The van der Waals surface area contributed by atoms with Crippen molar-refractivity contribution in [2.75, 3.05) is 9.80 Å². The number of anilines is 6. The first-order valence-corrected chi connectivity index (χ1v) is 40.4. The molecule has 15 aromatic carbocycles. The van der Waals surface area contributed by atoms with Crippen molar-refractivity contribution in [3.8, 4) is 55.9 Å². The standard InChI is InChI=1S/C102H79BN4SSe/c1-100(2,3)66-54-79(62-30-14-10-15-31-62)94(80(55-66)63-32-16-11-17-33-63)106-87-60-69(104-85-42-26-22-38-71(85)75-48-50-77-73-40-24-28-44-91(73)108-98(77)96(75)104)46-52-83(87)103-84-53-47-70(105-86-43-27-23-39-72(86)76-49-51-78-74-41-25-29-45-92(74)109-99(78)97(76)105)61-88(84)107(90-59-68(102(7,8)9)58-89(106)93(90)103)95-81(64-34-18-12-19-35-64)56-67(101(4,5)6)57-82(95)65-36-20-13-21-37-65/h10-61H,1-9H3/i46D,47D,52D,53D,60D,61D. The molecule has 6 heterocycles. The monoisotopic (exact) mass is 1490 g/mol. The van der Waals surface area contributed by atoms with E-state index in [1.165, 1.54) is 9.65 Å². The maximum atomic E-state index is 12.0. The van der Waals surface area contributed by atoms with Crippen molar-refractivity contribution in [1.29, 1.82) is 0 Å². The van der Waals surface area contributed by atoms with Gasteiger partial charge in [-0.15, -0.1) is 11.3 Å². The quantitative estimate of drug-likeness (QED) is 0.141. The summed E-state index contributed by atoms with van der Waals surface area (Å²) in [6.45, 7) is 19.2. The maximum absolute atomic E-state index is 12.0. The minimum atomic E-state index is -1.14. The smallest absolute Gasteiger partial charge is 0.0622 e. The molecule has 2 aliphatic heterocycles. The van der Waals surface area contributed by atoms with Crippen LogP contribution in [0.1, 0.15) is 87.2 Å². The third-order valence-corrected chi connectivity index (χ3v) is 26.7. The molecule has 0 spiro atoms. The summed E-state index contributed by atoms with van der Waals surface area (Å²) in [5, 5.41) is 8.39. The van der Waals surface area contributed by atoms with Crippen LogP contribution in [-0.4, -0.2) is 30.4 Å². The van der Waals surface area contributed by atoms with Crippen LogP contribution in [0.5, 0.6) is 0 Å². The Labute approximate surface area is 655 Å². The van der Waals surface area contributed by atoms with Gasteiger partial charge in [0, 0.05) is 37.4 Å². The van der Waals surface area contributed by atoms with Gasteiger partial charge in [-0.05, 0) is 46.4 Å². The minimum Gasteiger partial charge on any atom is -0.0622 e. The van der Waals surface area contributed by atoms with Gasteiger partial charge in [-0.2, -0.15) is 0 Å². The first kappa shape index (κ1) is 59.4. The van der Waals surface area contributed by atoms with E-state index in [0.717, 1.165) is 157 Å². The fraction of sp³-hybridized carbons (Fsp3) is 0.118. The molecular weight excluding hydrogens is 1400 g/mol. The van der Waals surface area contributed by atoms with Gasteiger partial charge in [-0.3, -0.25) is 0 Å². The third-order valence-electron chi connectivity index (χ3n) is 23.0. The second-order valence-electron chi connectivity index (χ2n) is 32.6. The molecule has 0 saturated carbocycles. The average molecular weight is 1490 g/mol. The van der Waals surface area contributed by atoms with E-state index in [-0.39, 0.29) is 73.0 Å². The van der Waals surface area contributed by atoms with E-state index < -0.39 is 12.1 Å². The molecule has 522 valence electrons. The van der Waals surface area contributed by atoms with Crippen molar-refractivity contribution in [2.45, 2.75) is 78.6 Å². The second kappa shape index (κ2) is 24.4. The molecule has 19 aromatic rings. The van der Waals surface area contributed by atoms with Crippen LogP contribution in [0.2, 0.25) is 0 Å². The summed E-state index contributed by atoms with van der Waals surface area (Å²) in [5.41, 5.74) is 18.3. The number of aromatic nitrogens is 2. The van der Waals surface area contributed by atoms with Crippen molar-refractivity contribution >= 4 is 166 Å². The number of nitrogens with zero attached hydrogens (tertiary/aromatic N) is 4. The van der Waals surface area contributed by atoms with Gasteiger partial charge in [0.1, 0.15) is 0 Å². The second-order valence-corrected chi connectivity index (χ2v) is 35.9. The zero-order valence-corrected chi connectivity index (χ0v) is 64.8. The Bertz CT molecular complexity index is 6820. The van der Waals surface area contributed by atoms with Crippen LogP contribution in [-0.2, 0) is 16.2 Å². The number of hydrogen-bond acceptors (Lipinski definition) is 3. The topological polar surface area (TPSA) is 16.3 Å². The number of hydrogen-bond donors (Lipinski definition) is 0. The fourth-order valence-corrected chi connectivity index (χ4v) is 21.4. The van der Waals surface area contributed by atoms with Gasteiger partial charge in [0.15, 0.2) is 0 Å². The summed E-state index contributed by atoms with van der Waals surface area (Å²) < 4.78 is 78.9. The number of benzene rings is 15.